The number of carbonyl (C=O) groups excluding carboxylic acids is 1. The summed E-state index contributed by atoms with van der Waals surface area (Å²) in [5.74, 6) is 0.490. The maximum atomic E-state index is 13.0. The lowest BCUT2D eigenvalue weighted by molar-refractivity contribution is 0.0389. The fourth-order valence-corrected chi connectivity index (χ4v) is 4.35. The first-order chi connectivity index (χ1) is 12.2. The fraction of sp³-hybridized carbons (Fsp3) is 0.450. The Morgan fingerprint density at radius 1 is 1.08 bits per heavy atom. The molecule has 0 aromatic carbocycles. The number of likely N-dealkylation sites (tertiary alicyclic amines) is 1. The monoisotopic (exact) mass is 337 g/mol. The van der Waals surface area contributed by atoms with Crippen LogP contribution in [0, 0.1) is 5.92 Å². The van der Waals surface area contributed by atoms with Crippen molar-refractivity contribution < 1.29 is 4.79 Å². The molecule has 0 spiro atoms. The third-order valence-corrected chi connectivity index (χ3v) is 5.58. The van der Waals surface area contributed by atoms with Crippen molar-refractivity contribution in [2.24, 2.45) is 5.92 Å². The second kappa shape index (κ2) is 6.82. The molecular formula is C20H23N3O2. The molecule has 2 aliphatic rings. The van der Waals surface area contributed by atoms with Gasteiger partial charge in [-0.2, -0.15) is 0 Å². The van der Waals surface area contributed by atoms with E-state index in [0.29, 0.717) is 23.3 Å². The molecule has 1 saturated carbocycles. The zero-order valence-electron chi connectivity index (χ0n) is 14.3. The summed E-state index contributed by atoms with van der Waals surface area (Å²) in [4.78, 5) is 34.6. The minimum absolute atomic E-state index is 0.120. The summed E-state index contributed by atoms with van der Waals surface area (Å²) in [5, 5.41) is 0. The minimum atomic E-state index is -0.328. The molecule has 0 bridgehead atoms. The zero-order valence-corrected chi connectivity index (χ0v) is 14.3. The van der Waals surface area contributed by atoms with Crippen molar-refractivity contribution in [1.82, 2.24) is 14.9 Å². The lowest BCUT2D eigenvalue weighted by Gasteiger charge is -2.44. The number of amides is 1. The minimum Gasteiger partial charge on any atom is -0.335 e. The Morgan fingerprint density at radius 2 is 1.92 bits per heavy atom. The molecule has 2 fully saturated rings. The van der Waals surface area contributed by atoms with Gasteiger partial charge < -0.3 is 9.88 Å². The molecule has 4 rings (SSSR count). The van der Waals surface area contributed by atoms with Crippen LogP contribution in [0.25, 0.3) is 11.4 Å². The molecule has 0 unspecified atom stereocenters. The molecule has 0 radical (unpaired) electrons. The van der Waals surface area contributed by atoms with Crippen LogP contribution >= 0.6 is 0 Å². The van der Waals surface area contributed by atoms with Gasteiger partial charge in [-0.15, -0.1) is 0 Å². The van der Waals surface area contributed by atoms with Crippen molar-refractivity contribution in [2.75, 3.05) is 6.54 Å². The van der Waals surface area contributed by atoms with E-state index in [9.17, 15) is 9.59 Å². The summed E-state index contributed by atoms with van der Waals surface area (Å²) in [6.45, 7) is 0.765. The summed E-state index contributed by atoms with van der Waals surface area (Å²) in [7, 11) is 0. The number of pyridine rings is 2. The molecule has 1 aliphatic carbocycles. The van der Waals surface area contributed by atoms with E-state index >= 15 is 0 Å². The number of hydrogen-bond donors (Lipinski definition) is 1. The van der Waals surface area contributed by atoms with E-state index in [1.165, 1.54) is 25.7 Å². The molecule has 5 heteroatoms. The summed E-state index contributed by atoms with van der Waals surface area (Å²) in [6, 6.07) is 9.28. The van der Waals surface area contributed by atoms with Crippen LogP contribution in [0.4, 0.5) is 0 Å². The second-order valence-electron chi connectivity index (χ2n) is 7.08. The van der Waals surface area contributed by atoms with Crippen LogP contribution < -0.4 is 5.56 Å². The topological polar surface area (TPSA) is 66.1 Å². The van der Waals surface area contributed by atoms with Gasteiger partial charge in [-0.3, -0.25) is 14.6 Å². The number of aromatic amines is 1. The highest BCUT2D eigenvalue weighted by molar-refractivity contribution is 5.94. The van der Waals surface area contributed by atoms with Crippen LogP contribution in [-0.4, -0.2) is 33.4 Å². The normalized spacial score (nSPS) is 23.1. The number of hydrogen-bond acceptors (Lipinski definition) is 3. The van der Waals surface area contributed by atoms with Gasteiger partial charge in [-0.25, -0.2) is 0 Å². The van der Waals surface area contributed by atoms with Crippen molar-refractivity contribution in [3.05, 3.63) is 52.4 Å². The van der Waals surface area contributed by atoms with Gasteiger partial charge >= 0.3 is 0 Å². The lowest BCUT2D eigenvalue weighted by atomic mass is 9.78. The summed E-state index contributed by atoms with van der Waals surface area (Å²) in [5.41, 5.74) is 1.25. The molecule has 3 heterocycles. The number of piperidine rings is 1. The van der Waals surface area contributed by atoms with Gasteiger partial charge in [0, 0.05) is 18.8 Å². The first-order valence-electron chi connectivity index (χ1n) is 9.20. The van der Waals surface area contributed by atoms with Crippen LogP contribution in [0.5, 0.6) is 0 Å². The molecular weight excluding hydrogens is 314 g/mol. The molecule has 1 N–H and O–H groups in total. The van der Waals surface area contributed by atoms with E-state index in [-0.39, 0.29) is 17.0 Å². The molecule has 1 amide bonds. The van der Waals surface area contributed by atoms with Crippen LogP contribution in [0.1, 0.15) is 48.9 Å². The first kappa shape index (κ1) is 16.1. The van der Waals surface area contributed by atoms with Crippen LogP contribution in [0.3, 0.4) is 0 Å². The third-order valence-electron chi connectivity index (χ3n) is 5.58. The fourth-order valence-electron chi connectivity index (χ4n) is 4.35. The standard InChI is InChI=1S/C20H23N3O2/c24-19-15(10-11-17(22-19)16-8-3-4-12-21-16)20(25)23-13-5-7-14-6-1-2-9-18(14)23/h3-4,8,10-12,14,18H,1-2,5-7,9,13H2,(H,22,24)/t14-,18-/m0/s1. The van der Waals surface area contributed by atoms with Crippen molar-refractivity contribution >= 4 is 5.91 Å². The summed E-state index contributed by atoms with van der Waals surface area (Å²) >= 11 is 0. The van der Waals surface area contributed by atoms with Crippen LogP contribution in [0.2, 0.25) is 0 Å². The summed E-state index contributed by atoms with van der Waals surface area (Å²) < 4.78 is 0. The van der Waals surface area contributed by atoms with Gasteiger partial charge in [0.15, 0.2) is 0 Å². The number of nitrogens with one attached hydrogen (secondary N) is 1. The molecule has 1 saturated heterocycles. The van der Waals surface area contributed by atoms with E-state index in [1.807, 2.05) is 23.1 Å². The Bertz CT molecular complexity index is 813. The molecule has 5 nitrogen and oxygen atoms in total. The number of carbonyl (C=O) groups is 1. The Labute approximate surface area is 147 Å². The molecule has 25 heavy (non-hydrogen) atoms. The van der Waals surface area contributed by atoms with Crippen molar-refractivity contribution in [3.8, 4) is 11.4 Å². The Morgan fingerprint density at radius 3 is 2.72 bits per heavy atom. The number of nitrogens with zero attached hydrogens (tertiary/aromatic N) is 2. The molecule has 2 aromatic heterocycles. The van der Waals surface area contributed by atoms with E-state index in [4.69, 9.17) is 0 Å². The number of H-pyrrole nitrogens is 1. The van der Waals surface area contributed by atoms with E-state index in [0.717, 1.165) is 19.4 Å². The number of aromatic nitrogens is 2. The highest BCUT2D eigenvalue weighted by Gasteiger charge is 2.36. The Balaban J connectivity index is 1.61. The average Bonchev–Trinajstić information content (AvgIpc) is 2.67. The largest absolute Gasteiger partial charge is 0.335 e. The van der Waals surface area contributed by atoms with E-state index in [2.05, 4.69) is 9.97 Å². The number of fused-ring (bicyclic) bond motifs is 1. The van der Waals surface area contributed by atoms with Crippen molar-refractivity contribution in [3.63, 3.8) is 0 Å². The van der Waals surface area contributed by atoms with Gasteiger partial charge in [-0.1, -0.05) is 18.9 Å². The SMILES string of the molecule is O=C(c1ccc(-c2ccccn2)[nH]c1=O)N1CCC[C@@H]2CCCC[C@@H]21. The molecule has 2 aromatic rings. The van der Waals surface area contributed by atoms with Gasteiger partial charge in [0.2, 0.25) is 0 Å². The molecule has 2 atom stereocenters. The van der Waals surface area contributed by atoms with E-state index < -0.39 is 0 Å². The highest BCUT2D eigenvalue weighted by atomic mass is 16.2. The average molecular weight is 337 g/mol. The lowest BCUT2D eigenvalue weighted by Crippen LogP contribution is -2.50. The van der Waals surface area contributed by atoms with Gasteiger partial charge in [0.25, 0.3) is 11.5 Å². The maximum absolute atomic E-state index is 13.0. The van der Waals surface area contributed by atoms with Gasteiger partial charge in [0.05, 0.1) is 11.4 Å². The predicted molar refractivity (Wildman–Crippen MR) is 96.3 cm³/mol. The van der Waals surface area contributed by atoms with Gasteiger partial charge in [0.1, 0.15) is 5.56 Å². The zero-order chi connectivity index (χ0) is 17.2. The third kappa shape index (κ3) is 3.11. The van der Waals surface area contributed by atoms with Crippen LogP contribution in [0.15, 0.2) is 41.3 Å². The van der Waals surface area contributed by atoms with Crippen LogP contribution in [-0.2, 0) is 0 Å². The number of rotatable bonds is 2. The summed E-state index contributed by atoms with van der Waals surface area (Å²) in [6.07, 6.45) is 8.66. The van der Waals surface area contributed by atoms with Gasteiger partial charge in [-0.05, 0) is 55.9 Å². The molecule has 130 valence electrons. The van der Waals surface area contributed by atoms with Crippen molar-refractivity contribution in [2.45, 2.75) is 44.6 Å². The highest BCUT2D eigenvalue weighted by Crippen LogP contribution is 2.35. The van der Waals surface area contributed by atoms with Crippen molar-refractivity contribution in [1.29, 1.82) is 0 Å². The first-order valence-corrected chi connectivity index (χ1v) is 9.20. The Hall–Kier alpha value is -2.43. The quantitative estimate of drug-likeness (QED) is 0.915. The van der Waals surface area contributed by atoms with E-state index in [1.54, 1.807) is 18.3 Å². The second-order valence-corrected chi connectivity index (χ2v) is 7.08. The smallest absolute Gasteiger partial charge is 0.261 e. The Kier molecular flexibility index (Phi) is 4.38. The molecule has 1 aliphatic heterocycles. The maximum Gasteiger partial charge on any atom is 0.261 e. The predicted octanol–water partition coefficient (Wildman–Crippen LogP) is 3.23.